The normalized spacial score (nSPS) is 19.7. The van der Waals surface area contributed by atoms with Crippen LogP contribution in [-0.2, 0) is 9.53 Å². The van der Waals surface area contributed by atoms with Crippen molar-refractivity contribution in [1.29, 1.82) is 0 Å². The Bertz CT molecular complexity index is 654. The maximum atomic E-state index is 12.2. The molecule has 0 spiro atoms. The molecule has 2 aromatic rings. The van der Waals surface area contributed by atoms with Gasteiger partial charge in [0.15, 0.2) is 0 Å². The SMILES string of the molecule is CCOC(=O)[C@@H]1Oc2cc(Br)ccc2[C@H]1c1ccccc1. The van der Waals surface area contributed by atoms with Gasteiger partial charge < -0.3 is 9.47 Å². The van der Waals surface area contributed by atoms with Crippen LogP contribution in [-0.4, -0.2) is 18.7 Å². The molecule has 0 aliphatic carbocycles. The van der Waals surface area contributed by atoms with Gasteiger partial charge in [0, 0.05) is 10.0 Å². The summed E-state index contributed by atoms with van der Waals surface area (Å²) < 4.78 is 12.0. The molecule has 1 aliphatic heterocycles. The molecule has 4 heteroatoms. The first kappa shape index (κ1) is 14.1. The van der Waals surface area contributed by atoms with Gasteiger partial charge in [0.25, 0.3) is 0 Å². The zero-order chi connectivity index (χ0) is 14.8. The van der Waals surface area contributed by atoms with Gasteiger partial charge in [-0.15, -0.1) is 0 Å². The van der Waals surface area contributed by atoms with E-state index in [2.05, 4.69) is 15.9 Å². The first-order valence-corrected chi connectivity index (χ1v) is 7.67. The summed E-state index contributed by atoms with van der Waals surface area (Å²) in [4.78, 5) is 12.2. The highest BCUT2D eigenvalue weighted by Crippen LogP contribution is 2.43. The van der Waals surface area contributed by atoms with E-state index in [9.17, 15) is 4.79 Å². The minimum Gasteiger partial charge on any atom is -0.477 e. The molecule has 2 atom stereocenters. The molecule has 0 aromatic heterocycles. The number of fused-ring (bicyclic) bond motifs is 1. The van der Waals surface area contributed by atoms with Gasteiger partial charge in [0.05, 0.1) is 12.5 Å². The molecule has 1 aliphatic rings. The highest BCUT2D eigenvalue weighted by Gasteiger charge is 2.41. The molecule has 0 saturated carbocycles. The van der Waals surface area contributed by atoms with E-state index in [4.69, 9.17) is 9.47 Å². The maximum Gasteiger partial charge on any atom is 0.348 e. The Morgan fingerprint density at radius 1 is 1.24 bits per heavy atom. The Kier molecular flexibility index (Phi) is 3.97. The molecule has 3 rings (SSSR count). The smallest absolute Gasteiger partial charge is 0.348 e. The molecule has 0 N–H and O–H groups in total. The highest BCUT2D eigenvalue weighted by molar-refractivity contribution is 9.10. The number of hydrogen-bond donors (Lipinski definition) is 0. The summed E-state index contributed by atoms with van der Waals surface area (Å²) in [6, 6.07) is 15.8. The quantitative estimate of drug-likeness (QED) is 0.790. The third-order valence-electron chi connectivity index (χ3n) is 3.54. The minimum absolute atomic E-state index is 0.131. The third kappa shape index (κ3) is 2.68. The Labute approximate surface area is 132 Å². The van der Waals surface area contributed by atoms with Gasteiger partial charge >= 0.3 is 5.97 Å². The van der Waals surface area contributed by atoms with E-state index >= 15 is 0 Å². The largest absolute Gasteiger partial charge is 0.477 e. The lowest BCUT2D eigenvalue weighted by atomic mass is 9.88. The summed E-state index contributed by atoms with van der Waals surface area (Å²) >= 11 is 3.43. The third-order valence-corrected chi connectivity index (χ3v) is 4.04. The van der Waals surface area contributed by atoms with Crippen LogP contribution in [0.2, 0.25) is 0 Å². The summed E-state index contributed by atoms with van der Waals surface area (Å²) in [7, 11) is 0. The average molecular weight is 347 g/mol. The van der Waals surface area contributed by atoms with E-state index in [1.165, 1.54) is 0 Å². The van der Waals surface area contributed by atoms with Crippen molar-refractivity contribution in [3.63, 3.8) is 0 Å². The fourth-order valence-electron chi connectivity index (χ4n) is 2.66. The van der Waals surface area contributed by atoms with Gasteiger partial charge in [-0.25, -0.2) is 4.79 Å². The van der Waals surface area contributed by atoms with Crippen molar-refractivity contribution in [3.05, 3.63) is 64.1 Å². The van der Waals surface area contributed by atoms with E-state index in [-0.39, 0.29) is 11.9 Å². The van der Waals surface area contributed by atoms with Crippen molar-refractivity contribution in [3.8, 4) is 5.75 Å². The second kappa shape index (κ2) is 5.90. The number of esters is 1. The molecular weight excluding hydrogens is 332 g/mol. The summed E-state index contributed by atoms with van der Waals surface area (Å²) in [5, 5.41) is 0. The lowest BCUT2D eigenvalue weighted by Crippen LogP contribution is -2.31. The second-order valence-corrected chi connectivity index (χ2v) is 5.78. The van der Waals surface area contributed by atoms with Gasteiger partial charge in [-0.3, -0.25) is 0 Å². The van der Waals surface area contributed by atoms with Crippen LogP contribution in [0.4, 0.5) is 0 Å². The van der Waals surface area contributed by atoms with Crippen molar-refractivity contribution < 1.29 is 14.3 Å². The highest BCUT2D eigenvalue weighted by atomic mass is 79.9. The summed E-state index contributed by atoms with van der Waals surface area (Å²) in [6.45, 7) is 2.15. The Morgan fingerprint density at radius 2 is 2.00 bits per heavy atom. The summed E-state index contributed by atoms with van der Waals surface area (Å²) in [6.07, 6.45) is -0.628. The Morgan fingerprint density at radius 3 is 2.71 bits per heavy atom. The fourth-order valence-corrected chi connectivity index (χ4v) is 3.00. The van der Waals surface area contributed by atoms with Gasteiger partial charge in [0.1, 0.15) is 5.75 Å². The van der Waals surface area contributed by atoms with Crippen LogP contribution >= 0.6 is 15.9 Å². The van der Waals surface area contributed by atoms with Crippen molar-refractivity contribution in [1.82, 2.24) is 0 Å². The van der Waals surface area contributed by atoms with Gasteiger partial charge in [-0.1, -0.05) is 52.3 Å². The van der Waals surface area contributed by atoms with Crippen LogP contribution in [0.15, 0.2) is 53.0 Å². The Balaban J connectivity index is 2.04. The molecule has 21 heavy (non-hydrogen) atoms. The molecule has 3 nitrogen and oxygen atoms in total. The standard InChI is InChI=1S/C17H15BrO3/c1-2-20-17(19)16-15(11-6-4-3-5-7-11)13-9-8-12(18)10-14(13)21-16/h3-10,15-16H,2H2,1H3/t15-,16-/m1/s1. The van der Waals surface area contributed by atoms with Crippen LogP contribution in [0.3, 0.4) is 0 Å². The van der Waals surface area contributed by atoms with Crippen molar-refractivity contribution >= 4 is 21.9 Å². The minimum atomic E-state index is -0.628. The topological polar surface area (TPSA) is 35.5 Å². The predicted molar refractivity (Wildman–Crippen MR) is 83.5 cm³/mol. The van der Waals surface area contributed by atoms with Crippen molar-refractivity contribution in [2.45, 2.75) is 18.9 Å². The fraction of sp³-hybridized carbons (Fsp3) is 0.235. The Hall–Kier alpha value is -1.81. The van der Waals surface area contributed by atoms with Crippen LogP contribution < -0.4 is 4.74 Å². The van der Waals surface area contributed by atoms with Gasteiger partial charge in [0.2, 0.25) is 6.10 Å². The molecule has 2 aromatic carbocycles. The van der Waals surface area contributed by atoms with Crippen LogP contribution in [0, 0.1) is 0 Å². The van der Waals surface area contributed by atoms with Gasteiger partial charge in [-0.2, -0.15) is 0 Å². The molecule has 0 radical (unpaired) electrons. The molecule has 108 valence electrons. The number of hydrogen-bond acceptors (Lipinski definition) is 3. The number of benzene rings is 2. The molecular formula is C17H15BrO3. The molecule has 0 unspecified atom stereocenters. The number of rotatable bonds is 3. The first-order valence-electron chi connectivity index (χ1n) is 6.88. The lowest BCUT2D eigenvalue weighted by Gasteiger charge is -2.17. The number of ether oxygens (including phenoxy) is 2. The molecule has 0 fully saturated rings. The van der Waals surface area contributed by atoms with E-state index in [1.807, 2.05) is 48.5 Å². The van der Waals surface area contributed by atoms with Crippen LogP contribution in [0.1, 0.15) is 24.0 Å². The first-order chi connectivity index (χ1) is 10.2. The van der Waals surface area contributed by atoms with E-state index in [0.29, 0.717) is 6.61 Å². The number of carbonyl (C=O) groups is 1. The molecule has 0 amide bonds. The van der Waals surface area contributed by atoms with Crippen LogP contribution in [0.5, 0.6) is 5.75 Å². The second-order valence-electron chi connectivity index (χ2n) is 4.86. The maximum absolute atomic E-state index is 12.2. The predicted octanol–water partition coefficient (Wildman–Crippen LogP) is 3.91. The summed E-state index contributed by atoms with van der Waals surface area (Å²) in [5.41, 5.74) is 2.07. The van der Waals surface area contributed by atoms with Crippen molar-refractivity contribution in [2.24, 2.45) is 0 Å². The molecule has 0 saturated heterocycles. The zero-order valence-corrected chi connectivity index (χ0v) is 13.2. The molecule has 1 heterocycles. The molecule has 0 bridgehead atoms. The van der Waals surface area contributed by atoms with E-state index in [0.717, 1.165) is 21.3 Å². The average Bonchev–Trinajstić information content (AvgIpc) is 2.87. The summed E-state index contributed by atoms with van der Waals surface area (Å²) in [5.74, 6) is 0.281. The van der Waals surface area contributed by atoms with Gasteiger partial charge in [-0.05, 0) is 24.6 Å². The monoisotopic (exact) mass is 346 g/mol. The number of carbonyl (C=O) groups excluding carboxylic acids is 1. The van der Waals surface area contributed by atoms with E-state index in [1.54, 1.807) is 6.92 Å². The van der Waals surface area contributed by atoms with Crippen LogP contribution in [0.25, 0.3) is 0 Å². The van der Waals surface area contributed by atoms with Crippen molar-refractivity contribution in [2.75, 3.05) is 6.61 Å². The number of halogens is 1. The lowest BCUT2D eigenvalue weighted by molar-refractivity contribution is -0.151. The zero-order valence-electron chi connectivity index (χ0n) is 11.6. The van der Waals surface area contributed by atoms with E-state index < -0.39 is 6.10 Å².